The first-order valence-electron chi connectivity index (χ1n) is 8.75. The molecule has 6 nitrogen and oxygen atoms in total. The lowest BCUT2D eigenvalue weighted by Crippen LogP contribution is -2.01. The molecule has 0 saturated heterocycles. The van der Waals surface area contributed by atoms with Gasteiger partial charge in [0.2, 0.25) is 5.88 Å². The van der Waals surface area contributed by atoms with Crippen molar-refractivity contribution in [1.82, 2.24) is 4.98 Å². The van der Waals surface area contributed by atoms with Gasteiger partial charge in [0, 0.05) is 17.5 Å². The number of benzene rings is 2. The maximum Gasteiger partial charge on any atom is 0.307 e. The summed E-state index contributed by atoms with van der Waals surface area (Å²) in [6.07, 6.45) is 0.468. The van der Waals surface area contributed by atoms with Gasteiger partial charge in [0.05, 0.1) is 19.1 Å². The van der Waals surface area contributed by atoms with E-state index in [0.717, 1.165) is 39.3 Å². The van der Waals surface area contributed by atoms with E-state index in [1.54, 1.807) is 14.2 Å². The second-order valence-electron chi connectivity index (χ2n) is 6.48. The Labute approximate surface area is 167 Å². The van der Waals surface area contributed by atoms with Crippen LogP contribution in [-0.4, -0.2) is 24.3 Å². The molecule has 0 unspecified atom stereocenters. The zero-order valence-corrected chi connectivity index (χ0v) is 17.3. The topological polar surface area (TPSA) is 80.8 Å². The van der Waals surface area contributed by atoms with E-state index < -0.39 is 0 Å². The fourth-order valence-corrected chi connectivity index (χ4v) is 3.95. The van der Waals surface area contributed by atoms with Crippen molar-refractivity contribution in [3.05, 3.63) is 61.1 Å². The lowest BCUT2D eigenvalue weighted by atomic mass is 10.0. The highest BCUT2D eigenvalue weighted by molar-refractivity contribution is 7.09. The highest BCUT2D eigenvalue weighted by Crippen LogP contribution is 2.44. The van der Waals surface area contributed by atoms with Crippen molar-refractivity contribution < 1.29 is 19.3 Å². The minimum Gasteiger partial charge on any atom is -0.496 e. The van der Waals surface area contributed by atoms with Crippen molar-refractivity contribution in [3.8, 4) is 28.9 Å². The van der Waals surface area contributed by atoms with Crippen LogP contribution in [0.5, 0.6) is 28.9 Å². The molecule has 3 aromatic rings. The number of hydrogen-bond acceptors (Lipinski definition) is 6. The molecule has 28 heavy (non-hydrogen) atoms. The number of methoxy groups -OCH3 is 2. The molecule has 2 aromatic carbocycles. The number of ether oxygens (including phenoxy) is 3. The monoisotopic (exact) mass is 401 g/mol. The highest BCUT2D eigenvalue weighted by atomic mass is 32.1. The summed E-state index contributed by atoms with van der Waals surface area (Å²) >= 11 is 1.01. The molecule has 0 spiro atoms. The Morgan fingerprint density at radius 1 is 0.929 bits per heavy atom. The third-order valence-corrected chi connectivity index (χ3v) is 5.62. The maximum atomic E-state index is 11.3. The molecule has 0 aliphatic carbocycles. The fraction of sp³-hybridized carbons (Fsp3) is 0.286. The molecule has 1 aromatic heterocycles. The van der Waals surface area contributed by atoms with Gasteiger partial charge in [-0.05, 0) is 44.0 Å². The molecule has 0 amide bonds. The molecule has 2 N–H and O–H groups in total. The minimum absolute atomic E-state index is 0.0714. The maximum absolute atomic E-state index is 11.3. The van der Waals surface area contributed by atoms with E-state index in [0.29, 0.717) is 28.5 Å². The molecule has 7 heteroatoms. The number of aromatic amines is 1. The van der Waals surface area contributed by atoms with E-state index >= 15 is 0 Å². The molecule has 1 heterocycles. The second kappa shape index (κ2) is 7.98. The summed E-state index contributed by atoms with van der Waals surface area (Å²) in [7, 11) is 3.27. The zero-order valence-electron chi connectivity index (χ0n) is 16.5. The summed E-state index contributed by atoms with van der Waals surface area (Å²) in [5, 5.41) is 9.73. The molecule has 3 rings (SSSR count). The van der Waals surface area contributed by atoms with Gasteiger partial charge < -0.3 is 19.3 Å². The summed E-state index contributed by atoms with van der Waals surface area (Å²) in [6, 6.07) is 7.50. The fourth-order valence-electron chi connectivity index (χ4n) is 3.19. The highest BCUT2D eigenvalue weighted by Gasteiger charge is 2.20. The minimum atomic E-state index is -0.265. The number of rotatable bonds is 6. The van der Waals surface area contributed by atoms with Crippen LogP contribution in [0.25, 0.3) is 0 Å². The molecule has 0 saturated carbocycles. The summed E-state index contributed by atoms with van der Waals surface area (Å²) in [5.74, 6) is 2.67. The summed E-state index contributed by atoms with van der Waals surface area (Å²) in [5.41, 5.74) is 3.81. The van der Waals surface area contributed by atoms with Crippen molar-refractivity contribution in [3.63, 3.8) is 0 Å². The van der Waals surface area contributed by atoms with Crippen LogP contribution in [-0.2, 0) is 6.42 Å². The molecule has 148 valence electrons. The standard InChI is InChI=1S/C21H23NO5S/c1-11-12(2)18(26-5)19(13(3)17(11)25-4)27-15-8-6-14(7-9-15)10-16-20(23)22-21(24)28-16/h6-9,23H,10H2,1-5H3,(H,22,24). The summed E-state index contributed by atoms with van der Waals surface area (Å²) in [4.78, 5) is 14.0. The van der Waals surface area contributed by atoms with Crippen LogP contribution < -0.4 is 19.1 Å². The first-order valence-corrected chi connectivity index (χ1v) is 9.56. The Kier molecular flexibility index (Phi) is 5.65. The van der Waals surface area contributed by atoms with Gasteiger partial charge in [-0.25, -0.2) is 0 Å². The Balaban J connectivity index is 1.89. The van der Waals surface area contributed by atoms with E-state index in [1.807, 2.05) is 45.0 Å². The van der Waals surface area contributed by atoms with Crippen molar-refractivity contribution in [2.45, 2.75) is 27.2 Å². The van der Waals surface area contributed by atoms with Gasteiger partial charge in [0.25, 0.3) is 0 Å². The van der Waals surface area contributed by atoms with Crippen molar-refractivity contribution >= 4 is 11.3 Å². The van der Waals surface area contributed by atoms with E-state index in [2.05, 4.69) is 4.98 Å². The van der Waals surface area contributed by atoms with E-state index in [1.165, 1.54) is 0 Å². The average molecular weight is 401 g/mol. The second-order valence-corrected chi connectivity index (χ2v) is 7.55. The molecule has 0 aliphatic heterocycles. The Morgan fingerprint density at radius 3 is 2.07 bits per heavy atom. The molecule has 0 fully saturated rings. The number of hydrogen-bond donors (Lipinski definition) is 2. The molecule has 0 atom stereocenters. The molecular weight excluding hydrogens is 378 g/mol. The first kappa shape index (κ1) is 19.8. The van der Waals surface area contributed by atoms with Gasteiger partial charge in [0.15, 0.2) is 11.5 Å². The number of aromatic hydroxyl groups is 1. The van der Waals surface area contributed by atoms with E-state index in [9.17, 15) is 9.90 Å². The van der Waals surface area contributed by atoms with Crippen LogP contribution in [0.15, 0.2) is 29.1 Å². The van der Waals surface area contributed by atoms with Crippen LogP contribution in [0.3, 0.4) is 0 Å². The van der Waals surface area contributed by atoms with Crippen LogP contribution in [0.2, 0.25) is 0 Å². The van der Waals surface area contributed by atoms with Gasteiger partial charge in [0.1, 0.15) is 11.5 Å². The number of aromatic nitrogens is 1. The number of nitrogens with one attached hydrogen (secondary N) is 1. The van der Waals surface area contributed by atoms with E-state index in [-0.39, 0.29) is 10.8 Å². The third-order valence-electron chi connectivity index (χ3n) is 4.75. The summed E-state index contributed by atoms with van der Waals surface area (Å²) in [6.45, 7) is 5.90. The van der Waals surface area contributed by atoms with E-state index in [4.69, 9.17) is 14.2 Å². The van der Waals surface area contributed by atoms with Gasteiger partial charge in [-0.15, -0.1) is 0 Å². The van der Waals surface area contributed by atoms with Crippen molar-refractivity contribution in [1.29, 1.82) is 0 Å². The number of thiazole rings is 1. The molecule has 0 radical (unpaired) electrons. The molecule has 0 aliphatic rings. The first-order chi connectivity index (χ1) is 13.3. The van der Waals surface area contributed by atoms with Gasteiger partial charge in [-0.1, -0.05) is 23.5 Å². The normalized spacial score (nSPS) is 10.8. The van der Waals surface area contributed by atoms with Gasteiger partial charge >= 0.3 is 4.87 Å². The van der Waals surface area contributed by atoms with Gasteiger partial charge in [-0.2, -0.15) is 0 Å². The average Bonchev–Trinajstić information content (AvgIpc) is 2.99. The summed E-state index contributed by atoms with van der Waals surface area (Å²) < 4.78 is 17.3. The van der Waals surface area contributed by atoms with Crippen molar-refractivity contribution in [2.24, 2.45) is 0 Å². The Morgan fingerprint density at radius 2 is 1.54 bits per heavy atom. The quantitative estimate of drug-likeness (QED) is 0.637. The SMILES string of the molecule is COc1c(C)c(C)c(OC)c(Oc2ccc(Cc3sc(=O)[nH]c3O)cc2)c1C. The Bertz CT molecular complexity index is 1050. The Hall–Kier alpha value is -2.93. The smallest absolute Gasteiger partial charge is 0.307 e. The van der Waals surface area contributed by atoms with Crippen LogP contribution in [0.4, 0.5) is 0 Å². The van der Waals surface area contributed by atoms with Crippen LogP contribution >= 0.6 is 11.3 Å². The lowest BCUT2D eigenvalue weighted by Gasteiger charge is -2.20. The predicted molar refractivity (Wildman–Crippen MR) is 110 cm³/mol. The zero-order chi connectivity index (χ0) is 20.4. The van der Waals surface area contributed by atoms with Crippen molar-refractivity contribution in [2.75, 3.05) is 14.2 Å². The van der Waals surface area contributed by atoms with Crippen LogP contribution in [0, 0.1) is 20.8 Å². The van der Waals surface area contributed by atoms with Crippen LogP contribution in [0.1, 0.15) is 27.1 Å². The molecule has 0 bridgehead atoms. The molecular formula is C21H23NO5S. The van der Waals surface area contributed by atoms with Gasteiger partial charge in [-0.3, -0.25) is 9.78 Å². The lowest BCUT2D eigenvalue weighted by molar-refractivity contribution is 0.363. The largest absolute Gasteiger partial charge is 0.496 e. The predicted octanol–water partition coefficient (Wildman–Crippen LogP) is 4.47. The number of H-pyrrole nitrogens is 1. The third kappa shape index (κ3) is 3.71.